The summed E-state index contributed by atoms with van der Waals surface area (Å²) in [6.07, 6.45) is 5.87. The highest BCUT2D eigenvalue weighted by Gasteiger charge is 2.38. The molecule has 2 amide bonds. The van der Waals surface area contributed by atoms with E-state index in [-0.39, 0.29) is 30.5 Å². The second kappa shape index (κ2) is 14.1. The van der Waals surface area contributed by atoms with Gasteiger partial charge < -0.3 is 18.9 Å². The number of esters is 1. The largest absolute Gasteiger partial charge is 0.465 e. The molecule has 10 nitrogen and oxygen atoms in total. The van der Waals surface area contributed by atoms with Crippen LogP contribution in [0, 0.1) is 0 Å². The van der Waals surface area contributed by atoms with Crippen molar-refractivity contribution in [3.05, 3.63) is 35.5 Å². The van der Waals surface area contributed by atoms with Crippen molar-refractivity contribution in [1.29, 1.82) is 0 Å². The van der Waals surface area contributed by atoms with Crippen molar-refractivity contribution >= 4 is 69.9 Å². The van der Waals surface area contributed by atoms with Crippen LogP contribution in [0.3, 0.4) is 0 Å². The van der Waals surface area contributed by atoms with E-state index in [4.69, 9.17) is 39.5 Å². The lowest BCUT2D eigenvalue weighted by atomic mass is 10.1. The summed E-state index contributed by atoms with van der Waals surface area (Å²) in [6, 6.07) is 8.03. The third kappa shape index (κ3) is 8.28. The van der Waals surface area contributed by atoms with Crippen LogP contribution >= 0.6 is 34.8 Å². The van der Waals surface area contributed by atoms with E-state index < -0.39 is 10.1 Å². The quantitative estimate of drug-likeness (QED) is 0.172. The summed E-state index contributed by atoms with van der Waals surface area (Å²) in [6.45, 7) is 6.69. The van der Waals surface area contributed by atoms with Gasteiger partial charge in [-0.1, -0.05) is 12.1 Å². The van der Waals surface area contributed by atoms with E-state index in [0.29, 0.717) is 6.61 Å². The van der Waals surface area contributed by atoms with E-state index in [9.17, 15) is 14.4 Å². The molecule has 2 fully saturated rings. The van der Waals surface area contributed by atoms with Crippen LogP contribution in [0.1, 0.15) is 57.2 Å². The molecule has 1 N–H and O–H groups in total. The van der Waals surface area contributed by atoms with E-state index >= 15 is 0 Å². The topological polar surface area (TPSA) is 105 Å². The van der Waals surface area contributed by atoms with E-state index in [1.807, 2.05) is 28.0 Å². The fraction of sp³-hybridized carbons (Fsp3) is 0.571. The number of halogens is 3. The number of nitrogens with one attached hydrogen (secondary N) is 1. The zero-order chi connectivity index (χ0) is 29.6. The molecule has 0 bridgehead atoms. The van der Waals surface area contributed by atoms with Gasteiger partial charge in [0.25, 0.3) is 0 Å². The van der Waals surface area contributed by atoms with E-state index in [1.165, 1.54) is 11.9 Å². The van der Waals surface area contributed by atoms with Crippen LogP contribution in [-0.4, -0.2) is 80.9 Å². The zero-order valence-electron chi connectivity index (χ0n) is 23.3. The van der Waals surface area contributed by atoms with Crippen molar-refractivity contribution in [2.75, 3.05) is 26.2 Å². The number of carbonyl (C=O) groups is 3. The van der Waals surface area contributed by atoms with Crippen molar-refractivity contribution in [3.63, 3.8) is 0 Å². The lowest BCUT2D eigenvalue weighted by Crippen LogP contribution is -2.48. The Bertz CT molecular complexity index is 1280. The molecule has 0 aliphatic carbocycles. The normalized spacial score (nSPS) is 19.8. The molecule has 1 aromatic heterocycles. The van der Waals surface area contributed by atoms with Crippen LogP contribution in [0.25, 0.3) is 10.9 Å². The Hall–Kier alpha value is -2.53. The highest BCUT2D eigenvalue weighted by atomic mass is 35.6. The molecule has 2 atom stereocenters. The highest BCUT2D eigenvalue weighted by Crippen LogP contribution is 2.29. The van der Waals surface area contributed by atoms with Gasteiger partial charge in [0.1, 0.15) is 0 Å². The van der Waals surface area contributed by atoms with Crippen molar-refractivity contribution < 1.29 is 23.9 Å². The van der Waals surface area contributed by atoms with E-state index in [1.54, 1.807) is 6.92 Å². The average molecular weight is 629 g/mol. The first-order chi connectivity index (χ1) is 19.6. The van der Waals surface area contributed by atoms with Gasteiger partial charge in [-0.05, 0) is 117 Å². The van der Waals surface area contributed by atoms with Crippen LogP contribution in [0.5, 0.6) is 0 Å². The lowest BCUT2D eigenvalue weighted by Gasteiger charge is -2.31. The molecule has 1 aromatic carbocycles. The van der Waals surface area contributed by atoms with Gasteiger partial charge in [0, 0.05) is 30.3 Å². The molecular formula is C28H36Cl3N5O5. The van der Waals surface area contributed by atoms with Gasteiger partial charge in [-0.3, -0.25) is 14.5 Å². The molecule has 2 unspecified atom stereocenters. The van der Waals surface area contributed by atoms with Crippen LogP contribution in [0.4, 0.5) is 4.79 Å². The summed E-state index contributed by atoms with van der Waals surface area (Å²) in [5.41, 5.74) is 5.19. The minimum atomic E-state index is -2.17. The fourth-order valence-corrected chi connectivity index (χ4v) is 6.09. The van der Waals surface area contributed by atoms with Crippen LogP contribution < -0.4 is 5.43 Å². The molecule has 3 heterocycles. The molecule has 4 rings (SSSR count). The number of aryl methyl sites for hydroxylation is 2. The summed E-state index contributed by atoms with van der Waals surface area (Å²) in [5, 5.41) is 4.97. The summed E-state index contributed by atoms with van der Waals surface area (Å²) < 4.78 is 9.73. The Morgan fingerprint density at radius 3 is 2.63 bits per heavy atom. The van der Waals surface area contributed by atoms with Crippen LogP contribution in [0.2, 0.25) is 0 Å². The van der Waals surface area contributed by atoms with Gasteiger partial charge in [0.2, 0.25) is 5.91 Å². The molecule has 2 saturated heterocycles. The number of rotatable bonds is 10. The monoisotopic (exact) mass is 627 g/mol. The van der Waals surface area contributed by atoms with Crippen molar-refractivity contribution in [3.8, 4) is 0 Å². The third-order valence-electron chi connectivity index (χ3n) is 7.59. The third-order valence-corrected chi connectivity index (χ3v) is 7.82. The van der Waals surface area contributed by atoms with Crippen molar-refractivity contribution in [1.82, 2.24) is 19.8 Å². The van der Waals surface area contributed by atoms with Crippen LogP contribution in [0.15, 0.2) is 29.4 Å². The Morgan fingerprint density at radius 1 is 1.12 bits per heavy atom. The Balaban J connectivity index is 1.40. The Kier molecular flexibility index (Phi) is 10.8. The summed E-state index contributed by atoms with van der Waals surface area (Å²) >= 11 is 16.3. The molecular weight excluding hydrogens is 593 g/mol. The molecule has 2 aliphatic rings. The zero-order valence-corrected chi connectivity index (χ0v) is 25.6. The Labute approximate surface area is 254 Å². The molecule has 2 aliphatic heterocycles. The standard InChI is InChI=1S/C28H36Cl3N5O5/c1-3-35-22(16-20-10-9-19(15-24(20)35)17-32-33-27(39)41-28(29,30)31)12-11-21-7-5-14-36(21)26(38)23-8-6-13-34(23)18-25(37)40-4-2/h9-10,15-17,21,23H,3-8,11-14,18H2,1-2H3,(H,33,39). The minimum Gasteiger partial charge on any atom is -0.465 e. The maximum absolute atomic E-state index is 13.6. The second-order valence-corrected chi connectivity index (χ2v) is 12.4. The molecule has 0 radical (unpaired) electrons. The van der Waals surface area contributed by atoms with Gasteiger partial charge in [-0.2, -0.15) is 5.10 Å². The number of ether oxygens (including phenoxy) is 2. The molecule has 41 heavy (non-hydrogen) atoms. The molecule has 13 heteroatoms. The lowest BCUT2D eigenvalue weighted by molar-refractivity contribution is -0.146. The first-order valence-electron chi connectivity index (χ1n) is 14.0. The van der Waals surface area contributed by atoms with Gasteiger partial charge in [-0.15, -0.1) is 0 Å². The van der Waals surface area contributed by atoms with Gasteiger partial charge in [0.05, 0.1) is 25.4 Å². The fourth-order valence-electron chi connectivity index (χ4n) is 5.88. The van der Waals surface area contributed by atoms with Gasteiger partial charge >= 0.3 is 16.0 Å². The van der Waals surface area contributed by atoms with Crippen molar-refractivity contribution in [2.24, 2.45) is 5.10 Å². The average Bonchev–Trinajstić information content (AvgIpc) is 3.64. The highest BCUT2D eigenvalue weighted by molar-refractivity contribution is 6.66. The molecule has 224 valence electrons. The van der Waals surface area contributed by atoms with Crippen LogP contribution in [-0.2, 0) is 32.0 Å². The first-order valence-corrected chi connectivity index (χ1v) is 15.1. The number of benzene rings is 1. The predicted octanol–water partition coefficient (Wildman–Crippen LogP) is 5.00. The number of hydrazone groups is 1. The number of amides is 2. The summed E-state index contributed by atoms with van der Waals surface area (Å²) in [4.78, 5) is 41.3. The number of hydrogen-bond acceptors (Lipinski definition) is 7. The molecule has 0 saturated carbocycles. The predicted molar refractivity (Wildman–Crippen MR) is 159 cm³/mol. The summed E-state index contributed by atoms with van der Waals surface area (Å²) in [5.74, 6) is -0.133. The van der Waals surface area contributed by atoms with Crippen molar-refractivity contribution in [2.45, 2.75) is 75.0 Å². The number of likely N-dealkylation sites (tertiary alicyclic amines) is 2. The number of aromatic nitrogens is 1. The second-order valence-electron chi connectivity index (χ2n) is 10.2. The van der Waals surface area contributed by atoms with Gasteiger partial charge in [0.15, 0.2) is 0 Å². The maximum Gasteiger partial charge on any atom is 0.431 e. The first kappa shape index (κ1) is 31.4. The smallest absolute Gasteiger partial charge is 0.431 e. The SMILES string of the molecule is CCOC(=O)CN1CCCC1C(=O)N1CCCC1CCc1cc2ccc(C=NNC(=O)OC(Cl)(Cl)Cl)cc2n1CC. The number of alkyl halides is 3. The maximum atomic E-state index is 13.6. The number of fused-ring (bicyclic) bond motifs is 1. The van der Waals surface area contributed by atoms with E-state index in [0.717, 1.165) is 74.6 Å². The Morgan fingerprint density at radius 2 is 1.90 bits per heavy atom. The van der Waals surface area contributed by atoms with E-state index in [2.05, 4.69) is 32.8 Å². The number of hydrogen-bond donors (Lipinski definition) is 1. The van der Waals surface area contributed by atoms with Gasteiger partial charge in [-0.25, -0.2) is 10.2 Å². The summed E-state index contributed by atoms with van der Waals surface area (Å²) in [7, 11) is 0. The number of carbonyl (C=O) groups excluding carboxylic acids is 3. The minimum absolute atomic E-state index is 0.139. The number of nitrogens with zero attached hydrogens (tertiary/aromatic N) is 4. The molecule has 0 spiro atoms. The molecule has 2 aromatic rings.